The van der Waals surface area contributed by atoms with Crippen molar-refractivity contribution < 1.29 is 23.1 Å². The molecule has 1 unspecified atom stereocenters. The van der Waals surface area contributed by atoms with Crippen LogP contribution in [-0.4, -0.2) is 31.6 Å². The number of hydrogen-bond donors (Lipinski definition) is 3. The summed E-state index contributed by atoms with van der Waals surface area (Å²) in [5.41, 5.74) is 1.15. The summed E-state index contributed by atoms with van der Waals surface area (Å²) in [5.74, 6) is -1.29. The van der Waals surface area contributed by atoms with Gasteiger partial charge in [0.15, 0.2) is 0 Å². The molecule has 0 saturated heterocycles. The molecule has 208 valence electrons. The van der Waals surface area contributed by atoms with Crippen LogP contribution in [0.5, 0.6) is 0 Å². The molecule has 4 aromatic carbocycles. The first-order valence-corrected chi connectivity index (χ1v) is 14.7. The second-order valence-electron chi connectivity index (χ2n) is 9.03. The van der Waals surface area contributed by atoms with Crippen LogP contribution >= 0.6 is 23.2 Å². The zero-order valence-electron chi connectivity index (χ0n) is 21.5. The predicted octanol–water partition coefficient (Wildman–Crippen LogP) is 7.63. The topological polar surface area (TPSA) is 116 Å². The summed E-state index contributed by atoms with van der Waals surface area (Å²) >= 11 is 12.3. The Balaban J connectivity index is 1.85. The molecular weight excluding hydrogens is 573 g/mol. The average Bonchev–Trinajstić information content (AvgIpc) is 2.91. The van der Waals surface area contributed by atoms with E-state index in [1.54, 1.807) is 60.7 Å². The fraction of sp³-hybridized carbons (Fsp3) is 0.172. The number of rotatable bonds is 10. The number of carbonyl (C=O) groups excluding carboxylic acids is 1. The van der Waals surface area contributed by atoms with Gasteiger partial charge in [0.1, 0.15) is 6.04 Å². The number of benzene rings is 4. The van der Waals surface area contributed by atoms with Crippen LogP contribution in [0.15, 0.2) is 89.8 Å². The van der Waals surface area contributed by atoms with Crippen LogP contribution in [-0.2, 0) is 14.8 Å². The number of para-hydroxylation sites is 1. The number of nitrogens with zero attached hydrogens (tertiary/aromatic N) is 1. The number of fused-ring (bicyclic) bond motifs is 1. The van der Waals surface area contributed by atoms with Crippen molar-refractivity contribution in [1.82, 2.24) is 0 Å². The summed E-state index contributed by atoms with van der Waals surface area (Å²) < 4.78 is 29.2. The number of unbranched alkanes of at least 4 members (excludes halogenated alkanes) is 1. The molecule has 0 aliphatic rings. The molecule has 0 saturated carbocycles. The maximum atomic E-state index is 14.1. The van der Waals surface area contributed by atoms with Crippen LogP contribution in [0.4, 0.5) is 21.9 Å². The summed E-state index contributed by atoms with van der Waals surface area (Å²) in [6.45, 7) is 1.89. The van der Waals surface area contributed by atoms with Gasteiger partial charge in [-0.05, 0) is 48.9 Å². The van der Waals surface area contributed by atoms with Gasteiger partial charge >= 0.3 is 12.0 Å². The minimum atomic E-state index is -4.46. The first-order chi connectivity index (χ1) is 19.1. The highest BCUT2D eigenvalue weighted by atomic mass is 35.5. The molecule has 0 aromatic heterocycles. The van der Waals surface area contributed by atoms with E-state index in [1.165, 1.54) is 18.2 Å². The second-order valence-corrected chi connectivity index (χ2v) is 11.7. The molecule has 0 bridgehead atoms. The second kappa shape index (κ2) is 12.6. The number of halogens is 2. The number of urea groups is 1. The van der Waals surface area contributed by atoms with E-state index in [4.69, 9.17) is 23.2 Å². The number of carboxylic acid groups (broad SMARTS) is 1. The Hall–Kier alpha value is -3.79. The predicted molar refractivity (Wildman–Crippen MR) is 160 cm³/mol. The lowest BCUT2D eigenvalue weighted by atomic mass is 10.0. The molecule has 1 atom stereocenters. The van der Waals surface area contributed by atoms with Gasteiger partial charge in [0.2, 0.25) is 0 Å². The number of nitrogens with one attached hydrogen (secondary N) is 2. The Labute approximate surface area is 242 Å². The van der Waals surface area contributed by atoms with Crippen molar-refractivity contribution in [2.75, 3.05) is 14.9 Å². The number of hydrogen-bond acceptors (Lipinski definition) is 4. The van der Waals surface area contributed by atoms with Crippen LogP contribution in [0.25, 0.3) is 10.8 Å². The molecule has 0 heterocycles. The Morgan fingerprint density at radius 1 is 0.875 bits per heavy atom. The average molecular weight is 601 g/mol. The molecule has 4 aromatic rings. The van der Waals surface area contributed by atoms with Gasteiger partial charge in [-0.1, -0.05) is 85.4 Å². The molecule has 0 spiro atoms. The molecule has 0 radical (unpaired) electrons. The third-order valence-electron chi connectivity index (χ3n) is 6.21. The fourth-order valence-corrected chi connectivity index (χ4v) is 6.78. The van der Waals surface area contributed by atoms with Crippen molar-refractivity contribution in [3.05, 3.63) is 95.0 Å². The Morgan fingerprint density at radius 3 is 2.17 bits per heavy atom. The zero-order chi connectivity index (χ0) is 28.9. The lowest BCUT2D eigenvalue weighted by Gasteiger charge is -2.31. The first kappa shape index (κ1) is 29.2. The van der Waals surface area contributed by atoms with Gasteiger partial charge in [0.05, 0.1) is 16.3 Å². The molecule has 0 fully saturated rings. The molecular formula is C29H27Cl2N3O5S. The molecule has 2 amide bonds. The van der Waals surface area contributed by atoms with E-state index in [2.05, 4.69) is 10.6 Å². The van der Waals surface area contributed by atoms with Crippen LogP contribution in [0.1, 0.15) is 26.2 Å². The van der Waals surface area contributed by atoms with E-state index >= 15 is 0 Å². The molecule has 3 N–H and O–H groups in total. The molecule has 4 rings (SSSR count). The van der Waals surface area contributed by atoms with Crippen LogP contribution < -0.4 is 14.9 Å². The summed E-state index contributed by atoms with van der Waals surface area (Å²) in [5, 5.41) is 16.9. The molecule has 0 aliphatic carbocycles. The van der Waals surface area contributed by atoms with Crippen LogP contribution in [0.3, 0.4) is 0 Å². The summed E-state index contributed by atoms with van der Waals surface area (Å²) in [6, 6.07) is 20.8. The van der Waals surface area contributed by atoms with Gasteiger partial charge < -0.3 is 15.7 Å². The summed E-state index contributed by atoms with van der Waals surface area (Å²) in [6.07, 6.45) is 1.23. The third kappa shape index (κ3) is 6.50. The van der Waals surface area contributed by atoms with Crippen molar-refractivity contribution in [3.63, 3.8) is 0 Å². The lowest BCUT2D eigenvalue weighted by molar-refractivity contribution is -0.138. The number of carbonyl (C=O) groups is 2. The van der Waals surface area contributed by atoms with E-state index in [9.17, 15) is 23.1 Å². The fourth-order valence-electron chi connectivity index (χ4n) is 4.40. The van der Waals surface area contributed by atoms with E-state index in [0.29, 0.717) is 35.0 Å². The minimum Gasteiger partial charge on any atom is -0.480 e. The van der Waals surface area contributed by atoms with Gasteiger partial charge in [-0.25, -0.2) is 18.0 Å². The standard InChI is InChI=1S/C29H27Cl2N3O5S/c1-2-3-14-27(28(35)36)34(40(38,39)22-17-19(30)16-20(31)18-22)26-15-8-11-23-24(26)12-7-13-25(23)33-29(37)32-21-9-5-4-6-10-21/h4-13,15-18,27H,2-3,14H2,1H3,(H,35,36)(H2,32,33,37). The highest BCUT2D eigenvalue weighted by Gasteiger charge is 2.37. The van der Waals surface area contributed by atoms with Gasteiger partial charge in [0, 0.05) is 26.5 Å². The van der Waals surface area contributed by atoms with Crippen molar-refractivity contribution in [2.45, 2.75) is 37.1 Å². The smallest absolute Gasteiger partial charge is 0.327 e. The molecule has 0 aliphatic heterocycles. The van der Waals surface area contributed by atoms with E-state index in [1.807, 2.05) is 13.0 Å². The number of anilines is 3. The number of sulfonamides is 1. The van der Waals surface area contributed by atoms with Crippen molar-refractivity contribution in [2.24, 2.45) is 0 Å². The number of amides is 2. The van der Waals surface area contributed by atoms with E-state index < -0.39 is 28.1 Å². The van der Waals surface area contributed by atoms with Crippen LogP contribution in [0.2, 0.25) is 10.0 Å². The SMILES string of the molecule is CCCCC(C(=O)O)N(c1cccc2c(NC(=O)Nc3ccccc3)cccc12)S(=O)(=O)c1cc(Cl)cc(Cl)c1. The quantitative estimate of drug-likeness (QED) is 0.173. The Morgan fingerprint density at radius 2 is 1.52 bits per heavy atom. The van der Waals surface area contributed by atoms with Crippen molar-refractivity contribution in [1.29, 1.82) is 0 Å². The highest BCUT2D eigenvalue weighted by Crippen LogP contribution is 2.37. The van der Waals surface area contributed by atoms with Gasteiger partial charge in [0.25, 0.3) is 10.0 Å². The maximum Gasteiger partial charge on any atom is 0.327 e. The zero-order valence-corrected chi connectivity index (χ0v) is 23.8. The monoisotopic (exact) mass is 599 g/mol. The lowest BCUT2D eigenvalue weighted by Crippen LogP contribution is -2.45. The first-order valence-electron chi connectivity index (χ1n) is 12.5. The number of carboxylic acids is 1. The summed E-state index contributed by atoms with van der Waals surface area (Å²) in [4.78, 5) is 25.0. The van der Waals surface area contributed by atoms with Crippen LogP contribution in [0, 0.1) is 0 Å². The highest BCUT2D eigenvalue weighted by molar-refractivity contribution is 7.93. The molecule has 40 heavy (non-hydrogen) atoms. The van der Waals surface area contributed by atoms with Gasteiger partial charge in [-0.2, -0.15) is 0 Å². The van der Waals surface area contributed by atoms with Crippen molar-refractivity contribution >= 4 is 73.1 Å². The molecule has 8 nitrogen and oxygen atoms in total. The normalized spacial score (nSPS) is 12.1. The Bertz CT molecular complexity index is 1630. The molecule has 11 heteroatoms. The maximum absolute atomic E-state index is 14.1. The number of aliphatic carboxylic acids is 1. The largest absolute Gasteiger partial charge is 0.480 e. The van der Waals surface area contributed by atoms with E-state index in [0.717, 1.165) is 4.31 Å². The van der Waals surface area contributed by atoms with Gasteiger partial charge in [-0.15, -0.1) is 0 Å². The Kier molecular flexibility index (Phi) is 9.19. The summed E-state index contributed by atoms with van der Waals surface area (Å²) in [7, 11) is -4.46. The van der Waals surface area contributed by atoms with E-state index in [-0.39, 0.29) is 27.0 Å². The minimum absolute atomic E-state index is 0.0766. The third-order valence-corrected chi connectivity index (χ3v) is 8.45. The van der Waals surface area contributed by atoms with Crippen molar-refractivity contribution in [3.8, 4) is 0 Å². The van der Waals surface area contributed by atoms with Gasteiger partial charge in [-0.3, -0.25) is 4.31 Å².